The molecular formula is C32H39N3O5. The fraction of sp³-hybridized carbons (Fsp3) is 0.406. The molecule has 2 amide bonds. The molecule has 212 valence electrons. The Balaban J connectivity index is 1.72. The third-order valence-electron chi connectivity index (χ3n) is 7.38. The van der Waals surface area contributed by atoms with Crippen LogP contribution in [0.1, 0.15) is 50.3 Å². The highest BCUT2D eigenvalue weighted by Crippen LogP contribution is 2.45. The molecule has 1 heterocycles. The van der Waals surface area contributed by atoms with E-state index in [0.29, 0.717) is 13.2 Å². The SMILES string of the molecule is CCOC(CN(C(=O)C(Cc1ccncc1)N(CC1c2ccccc2-c2ccccc21)C(=O)O)C(C)C)OCC. The van der Waals surface area contributed by atoms with E-state index < -0.39 is 18.4 Å². The standard InChI is InChI=1S/C32H39N3O5/c1-5-39-30(40-6-2)21-34(22(3)4)31(36)29(19-23-15-17-33-18-16-23)35(32(37)38)20-28-26-13-9-7-11-24(26)25-12-8-10-14-27(25)28/h7-18,22,28-30H,5-6,19-21H2,1-4H3,(H,37,38). The number of carbonyl (C=O) groups is 2. The highest BCUT2D eigenvalue weighted by molar-refractivity contribution is 5.86. The predicted molar refractivity (Wildman–Crippen MR) is 154 cm³/mol. The molecule has 40 heavy (non-hydrogen) atoms. The first-order valence-corrected chi connectivity index (χ1v) is 14.0. The van der Waals surface area contributed by atoms with Gasteiger partial charge in [0.05, 0.1) is 6.54 Å². The minimum absolute atomic E-state index is 0.150. The molecule has 0 bridgehead atoms. The van der Waals surface area contributed by atoms with Crippen LogP contribution in [0, 0.1) is 0 Å². The Morgan fingerprint density at radius 1 is 0.875 bits per heavy atom. The van der Waals surface area contributed by atoms with Gasteiger partial charge >= 0.3 is 6.09 Å². The van der Waals surface area contributed by atoms with E-state index >= 15 is 0 Å². The van der Waals surface area contributed by atoms with E-state index in [2.05, 4.69) is 29.2 Å². The number of benzene rings is 2. The quantitative estimate of drug-likeness (QED) is 0.288. The maximum Gasteiger partial charge on any atom is 0.408 e. The molecule has 1 unspecified atom stereocenters. The second-order valence-corrected chi connectivity index (χ2v) is 10.2. The molecule has 0 saturated carbocycles. The Labute approximate surface area is 236 Å². The van der Waals surface area contributed by atoms with Crippen molar-refractivity contribution >= 4 is 12.0 Å². The molecule has 8 nitrogen and oxygen atoms in total. The van der Waals surface area contributed by atoms with Gasteiger partial charge in [0.2, 0.25) is 5.91 Å². The topological polar surface area (TPSA) is 92.2 Å². The van der Waals surface area contributed by atoms with Crippen LogP contribution in [0.25, 0.3) is 11.1 Å². The van der Waals surface area contributed by atoms with Gasteiger partial charge in [0.25, 0.3) is 0 Å². The van der Waals surface area contributed by atoms with E-state index in [9.17, 15) is 14.7 Å². The van der Waals surface area contributed by atoms with Gasteiger partial charge in [-0.2, -0.15) is 0 Å². The van der Waals surface area contributed by atoms with Gasteiger partial charge in [0.1, 0.15) is 6.04 Å². The first kappa shape index (κ1) is 29.2. The lowest BCUT2D eigenvalue weighted by Gasteiger charge is -2.37. The number of fused-ring (bicyclic) bond motifs is 3. The smallest absolute Gasteiger partial charge is 0.408 e. The molecule has 2 aromatic carbocycles. The van der Waals surface area contributed by atoms with E-state index in [4.69, 9.17) is 9.47 Å². The van der Waals surface area contributed by atoms with Crippen molar-refractivity contribution in [2.24, 2.45) is 0 Å². The highest BCUT2D eigenvalue weighted by atomic mass is 16.7. The monoisotopic (exact) mass is 545 g/mol. The molecule has 1 N–H and O–H groups in total. The highest BCUT2D eigenvalue weighted by Gasteiger charge is 2.39. The number of carboxylic acid groups (broad SMARTS) is 1. The van der Waals surface area contributed by atoms with Crippen LogP contribution >= 0.6 is 0 Å². The average Bonchev–Trinajstić information content (AvgIpc) is 3.27. The zero-order valence-corrected chi connectivity index (χ0v) is 23.7. The largest absolute Gasteiger partial charge is 0.465 e. The average molecular weight is 546 g/mol. The maximum atomic E-state index is 14.3. The second-order valence-electron chi connectivity index (χ2n) is 10.2. The van der Waals surface area contributed by atoms with Crippen molar-refractivity contribution in [2.75, 3.05) is 26.3 Å². The minimum atomic E-state index is -1.14. The van der Waals surface area contributed by atoms with E-state index in [1.807, 2.05) is 64.1 Å². The Hall–Kier alpha value is -3.75. The van der Waals surface area contributed by atoms with Crippen LogP contribution in [-0.2, 0) is 20.7 Å². The van der Waals surface area contributed by atoms with Gasteiger partial charge in [-0.3, -0.25) is 14.7 Å². The number of hydrogen-bond acceptors (Lipinski definition) is 5. The first-order chi connectivity index (χ1) is 19.3. The Kier molecular flexibility index (Phi) is 9.90. The number of carbonyl (C=O) groups excluding carboxylic acids is 1. The summed E-state index contributed by atoms with van der Waals surface area (Å²) in [7, 11) is 0. The van der Waals surface area contributed by atoms with Gasteiger partial charge in [0, 0.05) is 50.5 Å². The second kappa shape index (κ2) is 13.5. The predicted octanol–water partition coefficient (Wildman–Crippen LogP) is 5.42. The molecular weight excluding hydrogens is 506 g/mol. The van der Waals surface area contributed by atoms with Gasteiger partial charge in [-0.25, -0.2) is 4.79 Å². The van der Waals surface area contributed by atoms with Crippen molar-refractivity contribution in [2.45, 2.75) is 58.4 Å². The molecule has 0 radical (unpaired) electrons. The Morgan fingerprint density at radius 2 is 1.43 bits per heavy atom. The number of ether oxygens (including phenoxy) is 2. The minimum Gasteiger partial charge on any atom is -0.465 e. The zero-order chi connectivity index (χ0) is 28.6. The van der Waals surface area contributed by atoms with Gasteiger partial charge in [-0.1, -0.05) is 48.5 Å². The zero-order valence-electron chi connectivity index (χ0n) is 23.7. The summed E-state index contributed by atoms with van der Waals surface area (Å²) in [6.45, 7) is 8.83. The summed E-state index contributed by atoms with van der Waals surface area (Å²) in [5, 5.41) is 10.6. The van der Waals surface area contributed by atoms with Crippen LogP contribution in [0.15, 0.2) is 73.1 Å². The molecule has 0 fully saturated rings. The van der Waals surface area contributed by atoms with Crippen molar-refractivity contribution in [3.05, 3.63) is 89.7 Å². The Morgan fingerprint density at radius 3 is 1.93 bits per heavy atom. The van der Waals surface area contributed by atoms with Crippen molar-refractivity contribution in [1.82, 2.24) is 14.8 Å². The molecule has 0 aliphatic heterocycles. The first-order valence-electron chi connectivity index (χ1n) is 14.0. The molecule has 1 aliphatic carbocycles. The lowest BCUT2D eigenvalue weighted by atomic mass is 9.94. The molecule has 4 rings (SSSR count). The van der Waals surface area contributed by atoms with Crippen LogP contribution in [0.2, 0.25) is 0 Å². The molecule has 3 aromatic rings. The van der Waals surface area contributed by atoms with Gasteiger partial charge in [-0.15, -0.1) is 0 Å². The van der Waals surface area contributed by atoms with E-state index in [1.165, 1.54) is 4.90 Å². The van der Waals surface area contributed by atoms with Crippen LogP contribution in [0.5, 0.6) is 0 Å². The molecule has 0 saturated heterocycles. The van der Waals surface area contributed by atoms with E-state index in [-0.39, 0.29) is 37.4 Å². The summed E-state index contributed by atoms with van der Waals surface area (Å²) < 4.78 is 11.5. The number of nitrogens with zero attached hydrogens (tertiary/aromatic N) is 3. The van der Waals surface area contributed by atoms with Gasteiger partial charge in [-0.05, 0) is 67.6 Å². The number of amides is 2. The number of pyridine rings is 1. The molecule has 0 spiro atoms. The number of rotatable bonds is 13. The summed E-state index contributed by atoms with van der Waals surface area (Å²) in [5.41, 5.74) is 5.18. The summed E-state index contributed by atoms with van der Waals surface area (Å²) >= 11 is 0. The summed E-state index contributed by atoms with van der Waals surface area (Å²) in [6.07, 6.45) is 1.80. The number of hydrogen-bond donors (Lipinski definition) is 1. The third-order valence-corrected chi connectivity index (χ3v) is 7.38. The van der Waals surface area contributed by atoms with Crippen LogP contribution in [0.4, 0.5) is 4.79 Å². The van der Waals surface area contributed by atoms with E-state index in [0.717, 1.165) is 27.8 Å². The number of aromatic nitrogens is 1. The van der Waals surface area contributed by atoms with Crippen LogP contribution < -0.4 is 0 Å². The summed E-state index contributed by atoms with van der Waals surface area (Å²) in [5.74, 6) is -0.471. The van der Waals surface area contributed by atoms with Crippen molar-refractivity contribution in [3.63, 3.8) is 0 Å². The van der Waals surface area contributed by atoms with Crippen molar-refractivity contribution in [3.8, 4) is 11.1 Å². The lowest BCUT2D eigenvalue weighted by Crippen LogP contribution is -2.56. The third kappa shape index (κ3) is 6.51. The fourth-order valence-electron chi connectivity index (χ4n) is 5.50. The Bertz CT molecular complexity index is 1230. The molecule has 8 heteroatoms. The van der Waals surface area contributed by atoms with Gasteiger partial charge in [0.15, 0.2) is 6.29 Å². The maximum absolute atomic E-state index is 14.3. The molecule has 1 aromatic heterocycles. The van der Waals surface area contributed by atoms with Crippen molar-refractivity contribution in [1.29, 1.82) is 0 Å². The van der Waals surface area contributed by atoms with Crippen molar-refractivity contribution < 1.29 is 24.2 Å². The summed E-state index contributed by atoms with van der Waals surface area (Å²) in [4.78, 5) is 34.4. The molecule has 1 aliphatic rings. The lowest BCUT2D eigenvalue weighted by molar-refractivity contribution is -0.164. The van der Waals surface area contributed by atoms with Crippen LogP contribution in [0.3, 0.4) is 0 Å². The van der Waals surface area contributed by atoms with Crippen LogP contribution in [-0.4, -0.2) is 76.6 Å². The summed E-state index contributed by atoms with van der Waals surface area (Å²) in [6, 6.07) is 18.7. The molecule has 1 atom stereocenters. The van der Waals surface area contributed by atoms with E-state index in [1.54, 1.807) is 17.3 Å². The fourth-order valence-corrected chi connectivity index (χ4v) is 5.50. The normalized spacial score (nSPS) is 13.2. The van der Waals surface area contributed by atoms with Gasteiger partial charge < -0.3 is 19.5 Å².